The number of aliphatic hydroxyl groups excluding tert-OH is 2. The van der Waals surface area contributed by atoms with Crippen LogP contribution < -0.4 is 0 Å². The third-order valence-electron chi connectivity index (χ3n) is 3.81. The number of aryl methyl sites for hydroxylation is 1. The van der Waals surface area contributed by atoms with Gasteiger partial charge < -0.3 is 10.2 Å². The molecule has 1 aromatic carbocycles. The lowest BCUT2D eigenvalue weighted by Gasteiger charge is -2.16. The highest BCUT2D eigenvalue weighted by Crippen LogP contribution is 2.39. The van der Waals surface area contributed by atoms with Crippen LogP contribution >= 0.6 is 0 Å². The Balaban J connectivity index is 2.54. The number of aliphatic hydroxyl groups is 2. The van der Waals surface area contributed by atoms with E-state index in [0.29, 0.717) is 12.3 Å². The highest BCUT2D eigenvalue weighted by Gasteiger charge is 2.30. The fraction of sp³-hybridized carbons (Fsp3) is 0.571. The quantitative estimate of drug-likeness (QED) is 0.801. The molecule has 0 saturated heterocycles. The van der Waals surface area contributed by atoms with Gasteiger partial charge in [0.15, 0.2) is 0 Å². The van der Waals surface area contributed by atoms with Crippen LogP contribution in [-0.4, -0.2) is 16.8 Å². The van der Waals surface area contributed by atoms with Gasteiger partial charge in [0.2, 0.25) is 0 Å². The third-order valence-corrected chi connectivity index (χ3v) is 3.81. The Kier molecular flexibility index (Phi) is 3.04. The summed E-state index contributed by atoms with van der Waals surface area (Å²) in [6, 6.07) is 2.18. The predicted molar refractivity (Wildman–Crippen MR) is 64.5 cm³/mol. The van der Waals surface area contributed by atoms with Gasteiger partial charge in [-0.1, -0.05) is 13.0 Å². The highest BCUT2D eigenvalue weighted by atomic mass is 16.3. The first-order chi connectivity index (χ1) is 7.56. The third kappa shape index (κ3) is 1.66. The maximum Gasteiger partial charge on any atom is 0.0824 e. The molecular formula is C14H20O2. The molecule has 2 nitrogen and oxygen atoms in total. The minimum absolute atomic E-state index is 0.173. The van der Waals surface area contributed by atoms with Crippen LogP contribution in [0, 0.1) is 19.8 Å². The van der Waals surface area contributed by atoms with Crippen LogP contribution in [0.15, 0.2) is 6.07 Å². The highest BCUT2D eigenvalue weighted by molar-refractivity contribution is 5.49. The minimum atomic E-state index is -0.326. The van der Waals surface area contributed by atoms with Crippen molar-refractivity contribution in [2.24, 2.45) is 5.92 Å². The number of benzene rings is 1. The first-order valence-electron chi connectivity index (χ1n) is 5.97. The van der Waals surface area contributed by atoms with Crippen molar-refractivity contribution in [1.82, 2.24) is 0 Å². The second-order valence-corrected chi connectivity index (χ2v) is 4.97. The van der Waals surface area contributed by atoms with E-state index in [4.69, 9.17) is 5.11 Å². The maximum atomic E-state index is 10.2. The van der Waals surface area contributed by atoms with Crippen LogP contribution in [0.2, 0.25) is 0 Å². The van der Waals surface area contributed by atoms with E-state index in [1.165, 1.54) is 22.3 Å². The van der Waals surface area contributed by atoms with Crippen molar-refractivity contribution in [1.29, 1.82) is 0 Å². The number of fused-ring (bicyclic) bond motifs is 1. The van der Waals surface area contributed by atoms with Crippen LogP contribution in [0.3, 0.4) is 0 Å². The van der Waals surface area contributed by atoms with Crippen molar-refractivity contribution >= 4 is 0 Å². The number of hydrogen-bond donors (Lipinski definition) is 2. The van der Waals surface area contributed by atoms with Gasteiger partial charge >= 0.3 is 0 Å². The number of rotatable bonds is 2. The standard InChI is InChI=1S/C14H20O2/c1-8-6-11-7-9(2)14(16)13(11)10(3)12(8)4-5-15/h6,9,14-16H,4-5,7H2,1-3H3/t9-,14-/m1/s1. The molecule has 0 aliphatic heterocycles. The summed E-state index contributed by atoms with van der Waals surface area (Å²) in [5.74, 6) is 0.317. The lowest BCUT2D eigenvalue weighted by atomic mass is 9.92. The Bertz CT molecular complexity index is 410. The summed E-state index contributed by atoms with van der Waals surface area (Å²) in [7, 11) is 0. The van der Waals surface area contributed by atoms with Crippen LogP contribution in [-0.2, 0) is 12.8 Å². The van der Waals surface area contributed by atoms with E-state index < -0.39 is 0 Å². The molecule has 0 fully saturated rings. The molecule has 2 rings (SSSR count). The molecule has 1 aromatic rings. The summed E-state index contributed by atoms with van der Waals surface area (Å²) < 4.78 is 0. The summed E-state index contributed by atoms with van der Waals surface area (Å²) in [5.41, 5.74) is 6.03. The van der Waals surface area contributed by atoms with Crippen LogP contribution in [0.4, 0.5) is 0 Å². The van der Waals surface area contributed by atoms with Crippen molar-refractivity contribution in [3.63, 3.8) is 0 Å². The first-order valence-corrected chi connectivity index (χ1v) is 5.97. The second kappa shape index (κ2) is 4.19. The zero-order valence-corrected chi connectivity index (χ0v) is 10.2. The summed E-state index contributed by atoms with van der Waals surface area (Å²) >= 11 is 0. The lowest BCUT2D eigenvalue weighted by molar-refractivity contribution is 0.132. The molecule has 0 saturated carbocycles. The molecule has 1 aliphatic rings. The summed E-state index contributed by atoms with van der Waals surface area (Å²) in [5, 5.41) is 19.2. The Hall–Kier alpha value is -0.860. The van der Waals surface area contributed by atoms with Gasteiger partial charge in [0.25, 0.3) is 0 Å². The van der Waals surface area contributed by atoms with Crippen molar-refractivity contribution in [3.05, 3.63) is 33.9 Å². The second-order valence-electron chi connectivity index (χ2n) is 4.97. The van der Waals surface area contributed by atoms with Crippen LogP contribution in [0.25, 0.3) is 0 Å². The smallest absolute Gasteiger partial charge is 0.0824 e. The summed E-state index contributed by atoms with van der Waals surface area (Å²) in [6.45, 7) is 6.42. The average Bonchev–Trinajstić information content (AvgIpc) is 2.49. The normalized spacial score (nSPS) is 23.6. The molecule has 0 bridgehead atoms. The van der Waals surface area contributed by atoms with Gasteiger partial charge in [0, 0.05) is 6.61 Å². The molecular weight excluding hydrogens is 200 g/mol. The molecule has 2 N–H and O–H groups in total. The predicted octanol–water partition coefficient (Wildman–Crippen LogP) is 2.06. The van der Waals surface area contributed by atoms with E-state index in [2.05, 4.69) is 26.8 Å². The van der Waals surface area contributed by atoms with Gasteiger partial charge in [-0.2, -0.15) is 0 Å². The average molecular weight is 220 g/mol. The molecule has 88 valence electrons. The summed E-state index contributed by atoms with van der Waals surface area (Å²) in [4.78, 5) is 0. The van der Waals surface area contributed by atoms with Crippen LogP contribution in [0.1, 0.15) is 40.8 Å². The fourth-order valence-electron chi connectivity index (χ4n) is 2.95. The topological polar surface area (TPSA) is 40.5 Å². The molecule has 0 aromatic heterocycles. The lowest BCUT2D eigenvalue weighted by Crippen LogP contribution is -2.06. The Morgan fingerprint density at radius 2 is 2.06 bits per heavy atom. The van der Waals surface area contributed by atoms with Gasteiger partial charge in [-0.15, -0.1) is 0 Å². The largest absolute Gasteiger partial charge is 0.396 e. The van der Waals surface area contributed by atoms with E-state index in [1.54, 1.807) is 0 Å². The molecule has 0 heterocycles. The Morgan fingerprint density at radius 1 is 1.38 bits per heavy atom. The number of hydrogen-bond acceptors (Lipinski definition) is 2. The molecule has 0 amide bonds. The monoisotopic (exact) mass is 220 g/mol. The van der Waals surface area contributed by atoms with E-state index in [-0.39, 0.29) is 12.7 Å². The molecule has 2 heteroatoms. The maximum absolute atomic E-state index is 10.2. The van der Waals surface area contributed by atoms with E-state index in [1.807, 2.05) is 0 Å². The zero-order chi connectivity index (χ0) is 11.9. The van der Waals surface area contributed by atoms with E-state index in [0.717, 1.165) is 12.0 Å². The fourth-order valence-corrected chi connectivity index (χ4v) is 2.95. The van der Waals surface area contributed by atoms with Gasteiger partial charge in [0.1, 0.15) is 0 Å². The first kappa shape index (κ1) is 11.6. The van der Waals surface area contributed by atoms with Gasteiger partial charge in [-0.25, -0.2) is 0 Å². The van der Waals surface area contributed by atoms with Gasteiger partial charge in [-0.3, -0.25) is 0 Å². The summed E-state index contributed by atoms with van der Waals surface area (Å²) in [6.07, 6.45) is 1.33. The van der Waals surface area contributed by atoms with E-state index >= 15 is 0 Å². The van der Waals surface area contributed by atoms with Gasteiger partial charge in [0.05, 0.1) is 6.10 Å². The molecule has 1 aliphatic carbocycles. The molecule has 0 unspecified atom stereocenters. The van der Waals surface area contributed by atoms with E-state index in [9.17, 15) is 5.11 Å². The van der Waals surface area contributed by atoms with Crippen molar-refractivity contribution in [2.45, 2.75) is 39.7 Å². The molecule has 0 radical (unpaired) electrons. The minimum Gasteiger partial charge on any atom is -0.396 e. The molecule has 16 heavy (non-hydrogen) atoms. The Morgan fingerprint density at radius 3 is 2.69 bits per heavy atom. The Labute approximate surface area is 96.9 Å². The van der Waals surface area contributed by atoms with Crippen molar-refractivity contribution in [3.8, 4) is 0 Å². The molecule has 0 spiro atoms. The van der Waals surface area contributed by atoms with Gasteiger partial charge in [-0.05, 0) is 60.4 Å². The van der Waals surface area contributed by atoms with Crippen molar-refractivity contribution < 1.29 is 10.2 Å². The SMILES string of the molecule is Cc1cc2c(c(C)c1CCO)[C@H](O)[C@H](C)C2. The van der Waals surface area contributed by atoms with Crippen LogP contribution in [0.5, 0.6) is 0 Å². The zero-order valence-electron chi connectivity index (χ0n) is 10.2. The van der Waals surface area contributed by atoms with Crippen molar-refractivity contribution in [2.75, 3.05) is 6.61 Å². The molecule has 2 atom stereocenters.